The van der Waals surface area contributed by atoms with E-state index in [9.17, 15) is 13.2 Å². The van der Waals surface area contributed by atoms with Gasteiger partial charge in [0.05, 0.1) is 6.61 Å². The van der Waals surface area contributed by atoms with Gasteiger partial charge in [-0.2, -0.15) is 13.2 Å². The lowest BCUT2D eigenvalue weighted by Crippen LogP contribution is -2.53. The number of alkyl halides is 3. The molecule has 16 heavy (non-hydrogen) atoms. The summed E-state index contributed by atoms with van der Waals surface area (Å²) in [4.78, 5) is 0. The van der Waals surface area contributed by atoms with Crippen LogP contribution in [0.2, 0.25) is 0 Å². The summed E-state index contributed by atoms with van der Waals surface area (Å²) in [5.74, 6) is 0. The molecule has 0 radical (unpaired) electrons. The summed E-state index contributed by atoms with van der Waals surface area (Å²) in [6.45, 7) is -1.02. The van der Waals surface area contributed by atoms with Gasteiger partial charge in [-0.15, -0.1) is 0 Å². The Kier molecular flexibility index (Phi) is 5.59. The van der Waals surface area contributed by atoms with Gasteiger partial charge in [0.15, 0.2) is 6.10 Å². The van der Waals surface area contributed by atoms with E-state index < -0.39 is 43.3 Å². The number of rotatable bonds is 5. The van der Waals surface area contributed by atoms with E-state index in [-0.39, 0.29) is 0 Å². The highest BCUT2D eigenvalue weighted by Crippen LogP contribution is 2.24. The molecule has 1 unspecified atom stereocenters. The van der Waals surface area contributed by atoms with E-state index in [1.165, 1.54) is 0 Å². The Balaban J connectivity index is 4.55. The van der Waals surface area contributed by atoms with Crippen molar-refractivity contribution in [1.82, 2.24) is 0 Å². The number of hydrogen-bond acceptors (Lipinski definition) is 6. The molecule has 0 aliphatic carbocycles. The molecule has 0 aliphatic heterocycles. The van der Waals surface area contributed by atoms with Crippen molar-refractivity contribution in [3.63, 3.8) is 0 Å². The fourth-order valence-electron chi connectivity index (χ4n) is 0.918. The second-order valence-electron chi connectivity index (χ2n) is 3.21. The van der Waals surface area contributed by atoms with Gasteiger partial charge in [0.2, 0.25) is 0 Å². The first-order valence-corrected chi connectivity index (χ1v) is 4.20. The standard InChI is InChI=1S/C7H13F3O6/c8-7(9,10)6(16)5(15)4(14)3(13)2(12)1-11/h2-6,11-16H,1H2/t2-,3-,4+,5-,6?/m0/s1. The predicted molar refractivity (Wildman–Crippen MR) is 43.2 cm³/mol. The monoisotopic (exact) mass is 250 g/mol. The maximum atomic E-state index is 11.9. The molecule has 0 aliphatic rings. The maximum absolute atomic E-state index is 11.9. The smallest absolute Gasteiger partial charge is 0.394 e. The second kappa shape index (κ2) is 5.75. The third kappa shape index (κ3) is 3.85. The van der Waals surface area contributed by atoms with Crippen LogP contribution >= 0.6 is 0 Å². The fraction of sp³-hybridized carbons (Fsp3) is 1.00. The average molecular weight is 250 g/mol. The van der Waals surface area contributed by atoms with Crippen molar-refractivity contribution in [2.75, 3.05) is 6.61 Å². The molecule has 6 nitrogen and oxygen atoms in total. The van der Waals surface area contributed by atoms with E-state index in [1.54, 1.807) is 0 Å². The first-order valence-electron chi connectivity index (χ1n) is 4.20. The third-order valence-electron chi connectivity index (χ3n) is 1.94. The Hall–Kier alpha value is -0.450. The molecule has 0 saturated carbocycles. The molecular weight excluding hydrogens is 237 g/mol. The van der Waals surface area contributed by atoms with Crippen LogP contribution in [0.1, 0.15) is 0 Å². The van der Waals surface area contributed by atoms with E-state index in [0.717, 1.165) is 0 Å². The first-order chi connectivity index (χ1) is 7.12. The third-order valence-corrected chi connectivity index (χ3v) is 1.94. The Morgan fingerprint density at radius 2 is 1.25 bits per heavy atom. The van der Waals surface area contributed by atoms with E-state index in [4.69, 9.17) is 30.6 Å². The van der Waals surface area contributed by atoms with Gasteiger partial charge < -0.3 is 30.6 Å². The summed E-state index contributed by atoms with van der Waals surface area (Å²) in [7, 11) is 0. The normalized spacial score (nSPS) is 22.3. The quantitative estimate of drug-likeness (QED) is 0.317. The summed E-state index contributed by atoms with van der Waals surface area (Å²) >= 11 is 0. The molecule has 0 bridgehead atoms. The molecule has 6 N–H and O–H groups in total. The minimum atomic E-state index is -5.18. The highest BCUT2D eigenvalue weighted by molar-refractivity contribution is 4.87. The Morgan fingerprint density at radius 1 is 0.812 bits per heavy atom. The van der Waals surface area contributed by atoms with Crippen molar-refractivity contribution in [1.29, 1.82) is 0 Å². The highest BCUT2D eigenvalue weighted by Gasteiger charge is 2.47. The SMILES string of the molecule is OC[C@H](O)[C@H](O)[C@@H](O)[C@H](O)C(O)C(F)(F)F. The van der Waals surface area contributed by atoms with Gasteiger partial charge in [-0.3, -0.25) is 0 Å². The zero-order chi connectivity index (χ0) is 13.1. The Morgan fingerprint density at radius 3 is 1.56 bits per heavy atom. The van der Waals surface area contributed by atoms with E-state index in [2.05, 4.69) is 0 Å². The van der Waals surface area contributed by atoms with Gasteiger partial charge in [0, 0.05) is 0 Å². The summed E-state index contributed by atoms with van der Waals surface area (Å²) in [6, 6.07) is 0. The van der Waals surface area contributed by atoms with Crippen molar-refractivity contribution >= 4 is 0 Å². The van der Waals surface area contributed by atoms with Gasteiger partial charge in [-0.05, 0) is 0 Å². The van der Waals surface area contributed by atoms with Crippen molar-refractivity contribution in [2.24, 2.45) is 0 Å². The molecule has 0 aromatic rings. The van der Waals surface area contributed by atoms with Gasteiger partial charge in [0.25, 0.3) is 0 Å². The molecule has 0 amide bonds. The van der Waals surface area contributed by atoms with Crippen LogP contribution in [0.15, 0.2) is 0 Å². The molecule has 0 rings (SSSR count). The topological polar surface area (TPSA) is 121 Å². The molecule has 0 heterocycles. The fourth-order valence-corrected chi connectivity index (χ4v) is 0.918. The average Bonchev–Trinajstić information content (AvgIpc) is 2.22. The minimum Gasteiger partial charge on any atom is -0.394 e. The molecule has 0 aromatic carbocycles. The summed E-state index contributed by atoms with van der Waals surface area (Å²) in [5.41, 5.74) is 0. The lowest BCUT2D eigenvalue weighted by molar-refractivity contribution is -0.250. The molecule has 0 saturated heterocycles. The zero-order valence-corrected chi connectivity index (χ0v) is 7.91. The van der Waals surface area contributed by atoms with Crippen LogP contribution in [0.4, 0.5) is 13.2 Å². The molecular formula is C7H13F3O6. The van der Waals surface area contributed by atoms with Crippen molar-refractivity contribution in [3.8, 4) is 0 Å². The van der Waals surface area contributed by atoms with Crippen molar-refractivity contribution in [2.45, 2.75) is 36.7 Å². The predicted octanol–water partition coefficient (Wildman–Crippen LogP) is -2.65. The van der Waals surface area contributed by atoms with Crippen LogP contribution in [0.5, 0.6) is 0 Å². The van der Waals surface area contributed by atoms with Crippen molar-refractivity contribution < 1.29 is 43.8 Å². The summed E-state index contributed by atoms with van der Waals surface area (Å²) in [6.07, 6.45) is -17.7. The molecule has 98 valence electrons. The van der Waals surface area contributed by atoms with Crippen molar-refractivity contribution in [3.05, 3.63) is 0 Å². The van der Waals surface area contributed by atoms with Gasteiger partial charge in [-0.25, -0.2) is 0 Å². The molecule has 0 aromatic heterocycles. The van der Waals surface area contributed by atoms with E-state index >= 15 is 0 Å². The van der Waals surface area contributed by atoms with Gasteiger partial charge in [-0.1, -0.05) is 0 Å². The largest absolute Gasteiger partial charge is 0.417 e. The summed E-state index contributed by atoms with van der Waals surface area (Å²) < 4.78 is 35.7. The number of hydrogen-bond donors (Lipinski definition) is 6. The number of aliphatic hydroxyl groups is 6. The number of halogens is 3. The molecule has 5 atom stereocenters. The van der Waals surface area contributed by atoms with Crippen LogP contribution in [0.3, 0.4) is 0 Å². The molecule has 0 spiro atoms. The zero-order valence-electron chi connectivity index (χ0n) is 7.91. The first kappa shape index (κ1) is 15.6. The van der Waals surface area contributed by atoms with Crippen LogP contribution in [-0.2, 0) is 0 Å². The second-order valence-corrected chi connectivity index (χ2v) is 3.21. The Labute approximate surface area is 88.2 Å². The summed E-state index contributed by atoms with van der Waals surface area (Å²) in [5, 5.41) is 52.5. The Bertz CT molecular complexity index is 211. The van der Waals surface area contributed by atoms with E-state index in [1.807, 2.05) is 0 Å². The minimum absolute atomic E-state index is 1.02. The van der Waals surface area contributed by atoms with Gasteiger partial charge in [0.1, 0.15) is 24.4 Å². The van der Waals surface area contributed by atoms with Crippen LogP contribution in [0, 0.1) is 0 Å². The maximum Gasteiger partial charge on any atom is 0.417 e. The lowest BCUT2D eigenvalue weighted by atomic mass is 9.99. The van der Waals surface area contributed by atoms with Crippen LogP contribution in [0.25, 0.3) is 0 Å². The van der Waals surface area contributed by atoms with Crippen LogP contribution < -0.4 is 0 Å². The van der Waals surface area contributed by atoms with Gasteiger partial charge >= 0.3 is 6.18 Å². The molecule has 9 heteroatoms. The highest BCUT2D eigenvalue weighted by atomic mass is 19.4. The van der Waals surface area contributed by atoms with Crippen LogP contribution in [-0.4, -0.2) is 73.9 Å². The number of aliphatic hydroxyl groups excluding tert-OH is 6. The lowest BCUT2D eigenvalue weighted by Gasteiger charge is -2.29. The molecule has 0 fully saturated rings. The van der Waals surface area contributed by atoms with E-state index in [0.29, 0.717) is 0 Å².